The third kappa shape index (κ3) is 9.31. The van der Waals surface area contributed by atoms with E-state index in [4.69, 9.17) is 9.47 Å². The fourth-order valence-corrected chi connectivity index (χ4v) is 2.61. The second kappa shape index (κ2) is 11.6. The van der Waals surface area contributed by atoms with Crippen molar-refractivity contribution in [3.8, 4) is 0 Å². The second-order valence-corrected chi connectivity index (χ2v) is 5.38. The molecule has 0 aliphatic carbocycles. The molecule has 0 bridgehead atoms. The fourth-order valence-electron chi connectivity index (χ4n) is 1.43. The summed E-state index contributed by atoms with van der Waals surface area (Å²) in [5.74, 6) is 1.51. The zero-order valence-electron chi connectivity index (χ0n) is 10.9. The number of unbranched alkanes of at least 4 members (excludes halogenated alkanes) is 2. The number of hydrogen-bond acceptors (Lipinski definition) is 3. The lowest BCUT2D eigenvalue weighted by Gasteiger charge is -2.16. The molecular weight excluding hydrogens is 224 g/mol. The topological polar surface area (TPSA) is 35.5 Å². The summed E-state index contributed by atoms with van der Waals surface area (Å²) in [5.41, 5.74) is 0. The summed E-state index contributed by atoms with van der Waals surface area (Å²) in [4.78, 5) is 0. The van der Waals surface area contributed by atoms with Crippen LogP contribution in [0.25, 0.3) is 0 Å². The Morgan fingerprint density at radius 1 is 1.00 bits per heavy atom. The summed E-state index contributed by atoms with van der Waals surface area (Å²) in [6.07, 6.45) is 3.98. The van der Waals surface area contributed by atoms with Crippen molar-refractivity contribution in [3.63, 3.8) is 0 Å². The monoisotopic (exact) mass is 250 g/mol. The van der Waals surface area contributed by atoms with Crippen LogP contribution >= 0.6 is 0 Å². The molecule has 0 rings (SSSR count). The van der Waals surface area contributed by atoms with Gasteiger partial charge >= 0.3 is 0 Å². The minimum Gasteiger partial charge on any atom is -0.353 e. The third-order valence-corrected chi connectivity index (χ3v) is 3.70. The maximum absolute atomic E-state index is 11.6. The van der Waals surface area contributed by atoms with E-state index in [1.54, 1.807) is 0 Å². The molecule has 3 nitrogen and oxygen atoms in total. The van der Waals surface area contributed by atoms with Crippen LogP contribution in [0.2, 0.25) is 0 Å². The van der Waals surface area contributed by atoms with E-state index in [2.05, 4.69) is 6.92 Å². The van der Waals surface area contributed by atoms with Gasteiger partial charge < -0.3 is 9.47 Å². The molecule has 0 aromatic heterocycles. The molecule has 0 aromatic rings. The molecule has 0 spiro atoms. The van der Waals surface area contributed by atoms with Gasteiger partial charge in [-0.1, -0.05) is 19.8 Å². The van der Waals surface area contributed by atoms with E-state index in [9.17, 15) is 4.21 Å². The van der Waals surface area contributed by atoms with Gasteiger partial charge in [-0.3, -0.25) is 4.21 Å². The van der Waals surface area contributed by atoms with Crippen molar-refractivity contribution in [1.82, 2.24) is 0 Å². The number of hydrogen-bond donors (Lipinski definition) is 0. The van der Waals surface area contributed by atoms with E-state index in [-0.39, 0.29) is 6.29 Å². The Kier molecular flexibility index (Phi) is 11.6. The van der Waals surface area contributed by atoms with E-state index in [1.807, 2.05) is 13.8 Å². The van der Waals surface area contributed by atoms with Gasteiger partial charge in [-0.25, -0.2) is 0 Å². The van der Waals surface area contributed by atoms with Gasteiger partial charge in [-0.15, -0.1) is 0 Å². The SMILES string of the molecule is CCCCCS(=O)CCC(OCC)OCC. The zero-order valence-corrected chi connectivity index (χ0v) is 11.7. The second-order valence-electron chi connectivity index (χ2n) is 3.68. The fraction of sp³-hybridized carbons (Fsp3) is 1.00. The maximum atomic E-state index is 11.6. The van der Waals surface area contributed by atoms with E-state index >= 15 is 0 Å². The first-order chi connectivity index (χ1) is 7.74. The van der Waals surface area contributed by atoms with Crippen LogP contribution in [0, 0.1) is 0 Å². The van der Waals surface area contributed by atoms with E-state index in [0.29, 0.717) is 19.0 Å². The smallest absolute Gasteiger partial charge is 0.158 e. The molecule has 0 N–H and O–H groups in total. The molecule has 0 aliphatic heterocycles. The summed E-state index contributed by atoms with van der Waals surface area (Å²) < 4.78 is 22.4. The highest BCUT2D eigenvalue weighted by Crippen LogP contribution is 2.04. The summed E-state index contributed by atoms with van der Waals surface area (Å²) >= 11 is 0. The van der Waals surface area contributed by atoms with Crippen LogP contribution in [0.15, 0.2) is 0 Å². The Morgan fingerprint density at radius 2 is 1.62 bits per heavy atom. The van der Waals surface area contributed by atoms with Gasteiger partial charge in [-0.05, 0) is 20.3 Å². The Morgan fingerprint density at radius 3 is 2.12 bits per heavy atom. The van der Waals surface area contributed by atoms with Crippen LogP contribution in [-0.4, -0.2) is 35.2 Å². The lowest BCUT2D eigenvalue weighted by atomic mass is 10.3. The Bertz CT molecular complexity index is 168. The predicted molar refractivity (Wildman–Crippen MR) is 69.1 cm³/mol. The van der Waals surface area contributed by atoms with Crippen molar-refractivity contribution in [2.75, 3.05) is 24.7 Å². The first-order valence-corrected chi connectivity index (χ1v) is 7.81. The van der Waals surface area contributed by atoms with Crippen molar-refractivity contribution in [2.45, 2.75) is 52.7 Å². The highest BCUT2D eigenvalue weighted by molar-refractivity contribution is 7.84. The van der Waals surface area contributed by atoms with Gasteiger partial charge in [0.15, 0.2) is 6.29 Å². The van der Waals surface area contributed by atoms with Gasteiger partial charge in [0.1, 0.15) is 0 Å². The van der Waals surface area contributed by atoms with E-state index in [0.717, 1.165) is 18.6 Å². The first-order valence-electron chi connectivity index (χ1n) is 6.32. The zero-order chi connectivity index (χ0) is 12.2. The molecule has 16 heavy (non-hydrogen) atoms. The van der Waals surface area contributed by atoms with E-state index < -0.39 is 10.8 Å². The molecule has 0 saturated heterocycles. The minimum absolute atomic E-state index is 0.176. The van der Waals surface area contributed by atoms with Crippen molar-refractivity contribution in [3.05, 3.63) is 0 Å². The van der Waals surface area contributed by atoms with Gasteiger partial charge in [-0.2, -0.15) is 0 Å². The van der Waals surface area contributed by atoms with Gasteiger partial charge in [0.25, 0.3) is 0 Å². The van der Waals surface area contributed by atoms with Crippen molar-refractivity contribution >= 4 is 10.8 Å². The Hall–Kier alpha value is 0.0700. The molecule has 0 saturated carbocycles. The molecule has 0 heterocycles. The van der Waals surface area contributed by atoms with Crippen molar-refractivity contribution in [2.24, 2.45) is 0 Å². The summed E-state index contributed by atoms with van der Waals surface area (Å²) in [5, 5.41) is 0. The standard InChI is InChI=1S/C12H26O3S/c1-4-7-8-10-16(13)11-9-12(14-5-2)15-6-3/h12H,4-11H2,1-3H3. The Balaban J connectivity index is 3.60. The van der Waals surface area contributed by atoms with Crippen LogP contribution < -0.4 is 0 Å². The number of ether oxygens (including phenoxy) is 2. The highest BCUT2D eigenvalue weighted by atomic mass is 32.2. The van der Waals surface area contributed by atoms with Gasteiger partial charge in [0, 0.05) is 41.9 Å². The molecule has 1 unspecified atom stereocenters. The highest BCUT2D eigenvalue weighted by Gasteiger charge is 2.09. The normalized spacial score (nSPS) is 13.2. The van der Waals surface area contributed by atoms with Crippen LogP contribution in [0.5, 0.6) is 0 Å². The van der Waals surface area contributed by atoms with E-state index in [1.165, 1.54) is 12.8 Å². The average molecular weight is 250 g/mol. The minimum atomic E-state index is -0.709. The average Bonchev–Trinajstić information content (AvgIpc) is 2.27. The molecular formula is C12H26O3S. The predicted octanol–water partition coefficient (Wildman–Crippen LogP) is 2.71. The lowest BCUT2D eigenvalue weighted by Crippen LogP contribution is -2.20. The van der Waals surface area contributed by atoms with Crippen molar-refractivity contribution < 1.29 is 13.7 Å². The maximum Gasteiger partial charge on any atom is 0.158 e. The molecule has 0 aromatic carbocycles. The molecule has 4 heteroatoms. The van der Waals surface area contributed by atoms with Crippen LogP contribution in [0.3, 0.4) is 0 Å². The number of rotatable bonds is 11. The van der Waals surface area contributed by atoms with Crippen LogP contribution in [0.1, 0.15) is 46.5 Å². The summed E-state index contributed by atoms with van der Waals surface area (Å²) in [6.45, 7) is 7.35. The molecule has 0 radical (unpaired) electrons. The van der Waals surface area contributed by atoms with Crippen LogP contribution in [-0.2, 0) is 20.3 Å². The van der Waals surface area contributed by atoms with Gasteiger partial charge in [0.2, 0.25) is 0 Å². The molecule has 98 valence electrons. The first kappa shape index (κ1) is 16.1. The van der Waals surface area contributed by atoms with Crippen LogP contribution in [0.4, 0.5) is 0 Å². The van der Waals surface area contributed by atoms with Crippen molar-refractivity contribution in [1.29, 1.82) is 0 Å². The quantitative estimate of drug-likeness (QED) is 0.418. The largest absolute Gasteiger partial charge is 0.353 e. The molecule has 1 atom stereocenters. The summed E-state index contributed by atoms with van der Waals surface area (Å²) in [6, 6.07) is 0. The summed E-state index contributed by atoms with van der Waals surface area (Å²) in [7, 11) is -0.709. The Labute approximate surface area is 102 Å². The van der Waals surface area contributed by atoms with Gasteiger partial charge in [0.05, 0.1) is 0 Å². The lowest BCUT2D eigenvalue weighted by molar-refractivity contribution is -0.136. The third-order valence-electron chi connectivity index (χ3n) is 2.26. The molecule has 0 amide bonds. The molecule has 0 fully saturated rings. The molecule has 0 aliphatic rings.